The number of piperidine rings is 1. The molecular formula is C20H26N4O3. The SMILES string of the molecule is COc1cccc(Oc2nccnc2C2CCCN(C(=O)C(C)(C)N)C2)c1. The number of likely N-dealkylation sites (tertiary alicyclic amines) is 1. The van der Waals surface area contributed by atoms with Crippen LogP contribution >= 0.6 is 0 Å². The van der Waals surface area contributed by atoms with Crippen molar-refractivity contribution in [1.29, 1.82) is 0 Å². The fraction of sp³-hybridized carbons (Fsp3) is 0.450. The first-order valence-corrected chi connectivity index (χ1v) is 9.09. The first-order valence-electron chi connectivity index (χ1n) is 9.09. The van der Waals surface area contributed by atoms with Gasteiger partial charge in [0.2, 0.25) is 11.8 Å². The van der Waals surface area contributed by atoms with Gasteiger partial charge in [0.15, 0.2) is 0 Å². The van der Waals surface area contributed by atoms with E-state index in [9.17, 15) is 4.79 Å². The molecule has 0 radical (unpaired) electrons. The van der Waals surface area contributed by atoms with Gasteiger partial charge in [0.25, 0.3) is 0 Å². The van der Waals surface area contributed by atoms with Crippen LogP contribution in [0.4, 0.5) is 0 Å². The summed E-state index contributed by atoms with van der Waals surface area (Å²) in [4.78, 5) is 23.3. The van der Waals surface area contributed by atoms with Crippen LogP contribution in [0.3, 0.4) is 0 Å². The highest BCUT2D eigenvalue weighted by Crippen LogP contribution is 2.33. The Morgan fingerprint density at radius 2 is 2.00 bits per heavy atom. The zero-order valence-corrected chi connectivity index (χ0v) is 16.0. The quantitative estimate of drug-likeness (QED) is 0.870. The lowest BCUT2D eigenvalue weighted by Crippen LogP contribution is -2.53. The predicted molar refractivity (Wildman–Crippen MR) is 102 cm³/mol. The van der Waals surface area contributed by atoms with Gasteiger partial charge in [0, 0.05) is 37.5 Å². The van der Waals surface area contributed by atoms with Crippen molar-refractivity contribution >= 4 is 5.91 Å². The summed E-state index contributed by atoms with van der Waals surface area (Å²) < 4.78 is 11.2. The molecule has 3 rings (SSSR count). The zero-order valence-electron chi connectivity index (χ0n) is 16.0. The highest BCUT2D eigenvalue weighted by molar-refractivity contribution is 5.85. The first-order chi connectivity index (χ1) is 12.9. The van der Waals surface area contributed by atoms with Crippen molar-refractivity contribution < 1.29 is 14.3 Å². The Labute approximate surface area is 159 Å². The Hall–Kier alpha value is -2.67. The van der Waals surface area contributed by atoms with Crippen molar-refractivity contribution in [3.05, 3.63) is 42.4 Å². The standard InChI is InChI=1S/C20H26N4O3/c1-20(2,21)19(25)24-11-5-6-14(13-24)17-18(23-10-9-22-17)27-16-8-4-7-15(12-16)26-3/h4,7-10,12,14H,5-6,11,13,21H2,1-3H3. The Kier molecular flexibility index (Phi) is 5.60. The van der Waals surface area contributed by atoms with Crippen molar-refractivity contribution in [2.75, 3.05) is 20.2 Å². The van der Waals surface area contributed by atoms with Gasteiger partial charge < -0.3 is 20.1 Å². The molecule has 0 saturated carbocycles. The molecule has 1 aromatic carbocycles. The number of ether oxygens (including phenoxy) is 2. The largest absolute Gasteiger partial charge is 0.497 e. The summed E-state index contributed by atoms with van der Waals surface area (Å²) in [7, 11) is 1.61. The van der Waals surface area contributed by atoms with Crippen molar-refractivity contribution in [1.82, 2.24) is 14.9 Å². The Bertz CT molecular complexity index is 804. The molecule has 7 heteroatoms. The number of nitrogens with zero attached hydrogens (tertiary/aromatic N) is 3. The summed E-state index contributed by atoms with van der Waals surface area (Å²) in [5, 5.41) is 0. The maximum Gasteiger partial charge on any atom is 0.242 e. The molecule has 1 saturated heterocycles. The summed E-state index contributed by atoms with van der Waals surface area (Å²) in [5.41, 5.74) is 5.87. The van der Waals surface area contributed by atoms with Gasteiger partial charge in [0.1, 0.15) is 17.2 Å². The molecule has 1 fully saturated rings. The molecule has 0 bridgehead atoms. The average Bonchev–Trinajstić information content (AvgIpc) is 2.67. The van der Waals surface area contributed by atoms with E-state index in [1.165, 1.54) is 0 Å². The topological polar surface area (TPSA) is 90.6 Å². The second-order valence-electron chi connectivity index (χ2n) is 7.34. The van der Waals surface area contributed by atoms with Crippen LogP contribution in [0.25, 0.3) is 0 Å². The van der Waals surface area contributed by atoms with E-state index in [1.807, 2.05) is 23.1 Å². The molecule has 1 aromatic heterocycles. The van der Waals surface area contributed by atoms with Crippen LogP contribution in [0.5, 0.6) is 17.4 Å². The molecule has 1 amide bonds. The molecule has 2 N–H and O–H groups in total. The van der Waals surface area contributed by atoms with E-state index >= 15 is 0 Å². The lowest BCUT2D eigenvalue weighted by Gasteiger charge is -2.36. The molecule has 1 aliphatic heterocycles. The fourth-order valence-electron chi connectivity index (χ4n) is 3.26. The van der Waals surface area contributed by atoms with E-state index in [-0.39, 0.29) is 11.8 Å². The number of hydrogen-bond donors (Lipinski definition) is 1. The monoisotopic (exact) mass is 370 g/mol. The maximum absolute atomic E-state index is 12.6. The zero-order chi connectivity index (χ0) is 19.4. The molecule has 1 aliphatic rings. The molecule has 27 heavy (non-hydrogen) atoms. The average molecular weight is 370 g/mol. The fourth-order valence-corrected chi connectivity index (χ4v) is 3.26. The second-order valence-corrected chi connectivity index (χ2v) is 7.34. The number of benzene rings is 1. The number of rotatable bonds is 5. The van der Waals surface area contributed by atoms with Crippen LogP contribution in [0.2, 0.25) is 0 Å². The Morgan fingerprint density at radius 3 is 2.74 bits per heavy atom. The molecule has 2 heterocycles. The molecule has 2 aromatic rings. The van der Waals surface area contributed by atoms with E-state index in [2.05, 4.69) is 9.97 Å². The number of aromatic nitrogens is 2. The number of carbonyl (C=O) groups is 1. The minimum absolute atomic E-state index is 0.0497. The smallest absolute Gasteiger partial charge is 0.242 e. The Balaban J connectivity index is 1.81. The van der Waals surface area contributed by atoms with Gasteiger partial charge in [-0.2, -0.15) is 0 Å². The van der Waals surface area contributed by atoms with Gasteiger partial charge >= 0.3 is 0 Å². The van der Waals surface area contributed by atoms with Gasteiger partial charge in [-0.15, -0.1) is 0 Å². The van der Waals surface area contributed by atoms with Crippen LogP contribution < -0.4 is 15.2 Å². The minimum Gasteiger partial charge on any atom is -0.497 e. The normalized spacial score (nSPS) is 17.5. The van der Waals surface area contributed by atoms with Crippen molar-refractivity contribution in [3.8, 4) is 17.4 Å². The van der Waals surface area contributed by atoms with Crippen LogP contribution in [-0.4, -0.2) is 46.5 Å². The lowest BCUT2D eigenvalue weighted by molar-refractivity contribution is -0.137. The van der Waals surface area contributed by atoms with Crippen molar-refractivity contribution in [3.63, 3.8) is 0 Å². The van der Waals surface area contributed by atoms with Crippen LogP contribution in [0.15, 0.2) is 36.7 Å². The minimum atomic E-state index is -0.885. The van der Waals surface area contributed by atoms with Gasteiger partial charge in [0.05, 0.1) is 12.6 Å². The highest BCUT2D eigenvalue weighted by Gasteiger charge is 2.33. The maximum atomic E-state index is 12.6. The van der Waals surface area contributed by atoms with E-state index < -0.39 is 5.54 Å². The molecule has 144 valence electrons. The van der Waals surface area contributed by atoms with Crippen molar-refractivity contribution in [2.24, 2.45) is 5.73 Å². The van der Waals surface area contributed by atoms with Crippen molar-refractivity contribution in [2.45, 2.75) is 38.1 Å². The number of methoxy groups -OCH3 is 1. The summed E-state index contributed by atoms with van der Waals surface area (Å²) >= 11 is 0. The van der Waals surface area contributed by atoms with Gasteiger partial charge in [-0.25, -0.2) is 4.98 Å². The third kappa shape index (κ3) is 4.54. The van der Waals surface area contributed by atoms with Crippen LogP contribution in [-0.2, 0) is 4.79 Å². The lowest BCUT2D eigenvalue weighted by atomic mass is 9.93. The van der Waals surface area contributed by atoms with Crippen LogP contribution in [0, 0.1) is 0 Å². The number of hydrogen-bond acceptors (Lipinski definition) is 6. The van der Waals surface area contributed by atoms with Crippen LogP contribution in [0.1, 0.15) is 38.3 Å². The van der Waals surface area contributed by atoms with E-state index in [4.69, 9.17) is 15.2 Å². The van der Waals surface area contributed by atoms with E-state index in [0.717, 1.165) is 18.5 Å². The van der Waals surface area contributed by atoms with E-state index in [0.29, 0.717) is 30.5 Å². The molecular weight excluding hydrogens is 344 g/mol. The Morgan fingerprint density at radius 1 is 1.26 bits per heavy atom. The third-order valence-corrected chi connectivity index (χ3v) is 4.59. The molecule has 0 spiro atoms. The van der Waals surface area contributed by atoms with E-state index in [1.54, 1.807) is 39.4 Å². The summed E-state index contributed by atoms with van der Waals surface area (Å²) in [5.74, 6) is 1.79. The number of amides is 1. The number of carbonyl (C=O) groups excluding carboxylic acids is 1. The second kappa shape index (κ2) is 7.92. The molecule has 1 atom stereocenters. The highest BCUT2D eigenvalue weighted by atomic mass is 16.5. The van der Waals surface area contributed by atoms with Gasteiger partial charge in [-0.3, -0.25) is 9.78 Å². The molecule has 1 unspecified atom stereocenters. The first kappa shape index (κ1) is 19.1. The molecule has 0 aliphatic carbocycles. The van der Waals surface area contributed by atoms with Gasteiger partial charge in [-0.1, -0.05) is 6.07 Å². The number of nitrogens with two attached hydrogens (primary N) is 1. The summed E-state index contributed by atoms with van der Waals surface area (Å²) in [6.07, 6.45) is 5.07. The molecule has 7 nitrogen and oxygen atoms in total. The summed E-state index contributed by atoms with van der Waals surface area (Å²) in [6.45, 7) is 4.74. The predicted octanol–water partition coefficient (Wildman–Crippen LogP) is 2.72. The summed E-state index contributed by atoms with van der Waals surface area (Å²) in [6, 6.07) is 7.35. The van der Waals surface area contributed by atoms with Gasteiger partial charge in [-0.05, 0) is 38.8 Å². The third-order valence-electron chi connectivity index (χ3n) is 4.59.